The van der Waals surface area contributed by atoms with Crippen molar-refractivity contribution in [2.75, 3.05) is 12.3 Å². The Morgan fingerprint density at radius 2 is 2.22 bits per heavy atom. The first-order valence-electron chi connectivity index (χ1n) is 6.71. The van der Waals surface area contributed by atoms with Crippen LogP contribution < -0.4 is 5.32 Å². The van der Waals surface area contributed by atoms with E-state index in [2.05, 4.69) is 12.2 Å². The summed E-state index contributed by atoms with van der Waals surface area (Å²) in [6.07, 6.45) is 3.03. The van der Waals surface area contributed by atoms with Gasteiger partial charge >= 0.3 is 0 Å². The Morgan fingerprint density at radius 3 is 2.78 bits per heavy atom. The number of amides is 2. The first kappa shape index (κ1) is 13.7. The summed E-state index contributed by atoms with van der Waals surface area (Å²) in [5.74, 6) is 1.23. The van der Waals surface area contributed by atoms with Crippen molar-refractivity contribution in [3.63, 3.8) is 0 Å². The number of carbonyl (C=O) groups is 2. The number of hydrogen-bond donors (Lipinski definition) is 1. The van der Waals surface area contributed by atoms with Crippen LogP contribution in [0.4, 0.5) is 0 Å². The summed E-state index contributed by atoms with van der Waals surface area (Å²) in [6.45, 7) is 6.64. The monoisotopic (exact) mass is 270 g/mol. The van der Waals surface area contributed by atoms with Crippen LogP contribution in [0.2, 0.25) is 0 Å². The van der Waals surface area contributed by atoms with Crippen molar-refractivity contribution in [1.29, 1.82) is 0 Å². The van der Waals surface area contributed by atoms with Gasteiger partial charge in [-0.05, 0) is 38.9 Å². The molecule has 18 heavy (non-hydrogen) atoms. The molecule has 0 bridgehead atoms. The predicted molar refractivity (Wildman–Crippen MR) is 73.5 cm³/mol. The summed E-state index contributed by atoms with van der Waals surface area (Å²) in [4.78, 5) is 26.0. The van der Waals surface area contributed by atoms with Crippen LogP contribution in [0, 0.1) is 0 Å². The summed E-state index contributed by atoms with van der Waals surface area (Å²) in [5.41, 5.74) is 0. The SMILES string of the molecule is CCC1C(=O)NC(C)C(=O)N1CC1(C)CCCS1. The molecular formula is C13H22N2O2S. The van der Waals surface area contributed by atoms with Crippen molar-refractivity contribution >= 4 is 23.6 Å². The third kappa shape index (κ3) is 2.51. The molecule has 0 spiro atoms. The van der Waals surface area contributed by atoms with Gasteiger partial charge in [0, 0.05) is 11.3 Å². The minimum Gasteiger partial charge on any atom is -0.343 e. The molecule has 102 valence electrons. The van der Waals surface area contributed by atoms with E-state index in [1.807, 2.05) is 23.6 Å². The Balaban J connectivity index is 2.15. The first-order valence-corrected chi connectivity index (χ1v) is 7.70. The van der Waals surface area contributed by atoms with Gasteiger partial charge in [0.15, 0.2) is 0 Å². The Hall–Kier alpha value is -0.710. The van der Waals surface area contributed by atoms with Gasteiger partial charge in [-0.1, -0.05) is 6.92 Å². The normalized spacial score (nSPS) is 36.9. The number of nitrogens with zero attached hydrogens (tertiary/aromatic N) is 1. The van der Waals surface area contributed by atoms with Crippen LogP contribution in [0.5, 0.6) is 0 Å². The van der Waals surface area contributed by atoms with E-state index in [4.69, 9.17) is 0 Å². The topological polar surface area (TPSA) is 49.4 Å². The third-order valence-electron chi connectivity index (χ3n) is 3.88. The zero-order chi connectivity index (χ0) is 13.3. The molecule has 0 saturated carbocycles. The number of thioether (sulfide) groups is 1. The second kappa shape index (κ2) is 5.11. The second-order valence-corrected chi connectivity index (χ2v) is 7.20. The maximum Gasteiger partial charge on any atom is 0.245 e. The zero-order valence-electron chi connectivity index (χ0n) is 11.4. The largest absolute Gasteiger partial charge is 0.343 e. The Kier molecular flexibility index (Phi) is 3.90. The molecule has 1 N–H and O–H groups in total. The van der Waals surface area contributed by atoms with Crippen molar-refractivity contribution in [3.8, 4) is 0 Å². The lowest BCUT2D eigenvalue weighted by Crippen LogP contribution is -2.64. The fourth-order valence-corrected chi connectivity index (χ4v) is 4.13. The highest BCUT2D eigenvalue weighted by Crippen LogP contribution is 2.39. The lowest BCUT2D eigenvalue weighted by molar-refractivity contribution is -0.149. The van der Waals surface area contributed by atoms with Gasteiger partial charge in [0.05, 0.1) is 0 Å². The second-order valence-electron chi connectivity index (χ2n) is 5.52. The summed E-state index contributed by atoms with van der Waals surface area (Å²) >= 11 is 1.93. The molecule has 2 aliphatic rings. The van der Waals surface area contributed by atoms with Crippen LogP contribution in [0.3, 0.4) is 0 Å². The lowest BCUT2D eigenvalue weighted by atomic mass is 10.00. The summed E-state index contributed by atoms with van der Waals surface area (Å²) < 4.78 is 0.125. The molecule has 0 aliphatic carbocycles. The fraction of sp³-hybridized carbons (Fsp3) is 0.846. The Bertz CT molecular complexity index is 353. The van der Waals surface area contributed by atoms with Gasteiger partial charge in [0.25, 0.3) is 0 Å². The standard InChI is InChI=1S/C13H22N2O2S/c1-4-10-11(16)14-9(2)12(17)15(10)8-13(3)6-5-7-18-13/h9-10H,4-8H2,1-3H3,(H,14,16). The van der Waals surface area contributed by atoms with E-state index in [1.165, 1.54) is 6.42 Å². The van der Waals surface area contributed by atoms with Crippen LogP contribution in [0.15, 0.2) is 0 Å². The number of piperazine rings is 1. The zero-order valence-corrected chi connectivity index (χ0v) is 12.2. The van der Waals surface area contributed by atoms with Crippen molar-refractivity contribution < 1.29 is 9.59 Å². The van der Waals surface area contributed by atoms with Gasteiger partial charge in [0.1, 0.15) is 12.1 Å². The minimum atomic E-state index is -0.379. The van der Waals surface area contributed by atoms with Crippen molar-refractivity contribution in [3.05, 3.63) is 0 Å². The highest BCUT2D eigenvalue weighted by Gasteiger charge is 2.42. The Morgan fingerprint density at radius 1 is 1.50 bits per heavy atom. The molecule has 2 rings (SSSR count). The third-order valence-corrected chi connectivity index (χ3v) is 5.41. The number of hydrogen-bond acceptors (Lipinski definition) is 3. The highest BCUT2D eigenvalue weighted by molar-refractivity contribution is 8.00. The maximum atomic E-state index is 12.3. The molecule has 0 aromatic carbocycles. The average molecular weight is 270 g/mol. The summed E-state index contributed by atoms with van der Waals surface area (Å²) in [6, 6.07) is -0.665. The molecule has 3 unspecified atom stereocenters. The van der Waals surface area contributed by atoms with Crippen molar-refractivity contribution in [1.82, 2.24) is 10.2 Å². The number of carbonyl (C=O) groups excluding carboxylic acids is 2. The van der Waals surface area contributed by atoms with Crippen molar-refractivity contribution in [2.24, 2.45) is 0 Å². The molecule has 2 fully saturated rings. The smallest absolute Gasteiger partial charge is 0.245 e. The molecule has 2 saturated heterocycles. The predicted octanol–water partition coefficient (Wildman–Crippen LogP) is 1.40. The number of nitrogens with one attached hydrogen (secondary N) is 1. The molecule has 0 aromatic heterocycles. The van der Waals surface area contributed by atoms with Gasteiger partial charge in [-0.25, -0.2) is 0 Å². The first-order chi connectivity index (χ1) is 8.47. The molecule has 0 aromatic rings. The van der Waals surface area contributed by atoms with E-state index < -0.39 is 0 Å². The van der Waals surface area contributed by atoms with E-state index in [1.54, 1.807) is 6.92 Å². The molecule has 3 atom stereocenters. The van der Waals surface area contributed by atoms with E-state index in [-0.39, 0.29) is 28.6 Å². The molecule has 2 aliphatic heterocycles. The molecule has 4 nitrogen and oxygen atoms in total. The fourth-order valence-electron chi connectivity index (χ4n) is 2.83. The quantitative estimate of drug-likeness (QED) is 0.843. The van der Waals surface area contributed by atoms with Crippen molar-refractivity contribution in [2.45, 2.75) is 56.9 Å². The Labute approximate surface area is 113 Å². The van der Waals surface area contributed by atoms with Gasteiger partial charge < -0.3 is 10.2 Å². The maximum absolute atomic E-state index is 12.3. The van der Waals surface area contributed by atoms with Crippen LogP contribution >= 0.6 is 11.8 Å². The van der Waals surface area contributed by atoms with Gasteiger partial charge in [-0.3, -0.25) is 9.59 Å². The average Bonchev–Trinajstić information content (AvgIpc) is 2.73. The van der Waals surface area contributed by atoms with Crippen LogP contribution in [-0.4, -0.2) is 45.8 Å². The van der Waals surface area contributed by atoms with E-state index in [0.29, 0.717) is 13.0 Å². The highest BCUT2D eigenvalue weighted by atomic mass is 32.2. The molecule has 5 heteroatoms. The lowest BCUT2D eigenvalue weighted by Gasteiger charge is -2.41. The molecule has 0 radical (unpaired) electrons. The van der Waals surface area contributed by atoms with Crippen LogP contribution in [0.1, 0.15) is 40.0 Å². The van der Waals surface area contributed by atoms with Crippen LogP contribution in [-0.2, 0) is 9.59 Å². The van der Waals surface area contributed by atoms with Gasteiger partial charge in [-0.2, -0.15) is 11.8 Å². The van der Waals surface area contributed by atoms with E-state index in [0.717, 1.165) is 12.2 Å². The van der Waals surface area contributed by atoms with E-state index >= 15 is 0 Å². The summed E-state index contributed by atoms with van der Waals surface area (Å²) in [5, 5.41) is 2.76. The number of rotatable bonds is 3. The van der Waals surface area contributed by atoms with E-state index in [9.17, 15) is 9.59 Å². The van der Waals surface area contributed by atoms with Gasteiger partial charge in [-0.15, -0.1) is 0 Å². The summed E-state index contributed by atoms with van der Waals surface area (Å²) in [7, 11) is 0. The van der Waals surface area contributed by atoms with Gasteiger partial charge in [0.2, 0.25) is 11.8 Å². The molecule has 2 amide bonds. The molecule has 2 heterocycles. The van der Waals surface area contributed by atoms with Crippen LogP contribution in [0.25, 0.3) is 0 Å². The molecular weight excluding hydrogens is 248 g/mol. The minimum absolute atomic E-state index is 0.00352.